The highest BCUT2D eigenvalue weighted by atomic mass is 32.1. The molecule has 10 heteroatoms. The molecule has 1 saturated heterocycles. The van der Waals surface area contributed by atoms with Gasteiger partial charge in [-0.05, 0) is 80.4 Å². The number of benzene rings is 2. The molecule has 1 aliphatic heterocycles. The lowest BCUT2D eigenvalue weighted by atomic mass is 10.1. The highest BCUT2D eigenvalue weighted by Gasteiger charge is 2.24. The first-order valence-corrected chi connectivity index (χ1v) is 13.6. The molecule has 4 aromatic rings. The van der Waals surface area contributed by atoms with E-state index in [1.54, 1.807) is 30.3 Å². The van der Waals surface area contributed by atoms with Gasteiger partial charge in [-0.2, -0.15) is 0 Å². The van der Waals surface area contributed by atoms with Gasteiger partial charge in [-0.1, -0.05) is 18.7 Å². The summed E-state index contributed by atoms with van der Waals surface area (Å²) in [6.45, 7) is 6.70. The topological polar surface area (TPSA) is 99.5 Å². The van der Waals surface area contributed by atoms with E-state index >= 15 is 0 Å². The van der Waals surface area contributed by atoms with Crippen LogP contribution in [0.4, 0.5) is 16.0 Å². The second kappa shape index (κ2) is 11.5. The molecule has 2 atom stereocenters. The number of aromatic nitrogens is 2. The molecule has 8 nitrogen and oxygen atoms in total. The zero-order valence-electron chi connectivity index (χ0n) is 21.6. The van der Waals surface area contributed by atoms with Crippen LogP contribution in [0, 0.1) is 0 Å². The summed E-state index contributed by atoms with van der Waals surface area (Å²) in [5.74, 6) is -0.417. The Morgan fingerprint density at radius 3 is 2.82 bits per heavy atom. The molecule has 0 bridgehead atoms. The number of alkyl halides is 1. The zero-order valence-corrected chi connectivity index (χ0v) is 22.4. The molecular weight excluding hydrogens is 517 g/mol. The van der Waals surface area contributed by atoms with Gasteiger partial charge in [0.15, 0.2) is 0 Å². The van der Waals surface area contributed by atoms with Crippen LogP contribution in [-0.4, -0.2) is 50.6 Å². The van der Waals surface area contributed by atoms with Crippen LogP contribution in [0.3, 0.4) is 0 Å². The standard InChI is InChI=1S/C29H30FN5O3S/c1-3-27(37)31-20-6-4-7-21(15-20)35-24-10-9-19(16-34-13-5-8-22(34)17-36)14-23(24)32-29(35)33-28(38)26-12-11-25(39-26)18(2)30/h3-4,6-7,9-12,14-15,18,22,36H,1,5,8,13,16-17H2,2H3,(H,31,37)(H,32,33,38)/t18?,22-/m1/s1. The molecule has 2 aromatic heterocycles. The van der Waals surface area contributed by atoms with Crippen LogP contribution in [0.2, 0.25) is 0 Å². The van der Waals surface area contributed by atoms with Crippen LogP contribution in [0.5, 0.6) is 0 Å². The maximum Gasteiger partial charge on any atom is 0.268 e. The highest BCUT2D eigenvalue weighted by Crippen LogP contribution is 2.30. The number of hydrogen-bond acceptors (Lipinski definition) is 6. The first kappa shape index (κ1) is 26.7. The molecule has 39 heavy (non-hydrogen) atoms. The Bertz CT molecular complexity index is 1530. The number of carbonyl (C=O) groups is 2. The summed E-state index contributed by atoms with van der Waals surface area (Å²) in [5, 5.41) is 15.4. The molecule has 3 heterocycles. The number of fused-ring (bicyclic) bond motifs is 1. The number of imidazole rings is 1. The van der Waals surface area contributed by atoms with Gasteiger partial charge >= 0.3 is 0 Å². The van der Waals surface area contributed by atoms with Crippen LogP contribution in [0.15, 0.2) is 67.3 Å². The lowest BCUT2D eigenvalue weighted by molar-refractivity contribution is -0.111. The van der Waals surface area contributed by atoms with Crippen LogP contribution in [0.25, 0.3) is 16.7 Å². The average Bonchev–Trinajstić information content (AvgIpc) is 3.67. The normalized spacial score (nSPS) is 16.3. The Labute approximate surface area is 229 Å². The van der Waals surface area contributed by atoms with Crippen LogP contribution < -0.4 is 10.6 Å². The molecule has 0 radical (unpaired) electrons. The molecule has 0 aliphatic carbocycles. The number of rotatable bonds is 9. The summed E-state index contributed by atoms with van der Waals surface area (Å²) < 4.78 is 15.6. The largest absolute Gasteiger partial charge is 0.395 e. The van der Waals surface area contributed by atoms with Gasteiger partial charge in [-0.25, -0.2) is 9.37 Å². The third-order valence-corrected chi connectivity index (χ3v) is 8.08. The van der Waals surface area contributed by atoms with Gasteiger partial charge < -0.3 is 10.4 Å². The Morgan fingerprint density at radius 1 is 1.23 bits per heavy atom. The number of thiophene rings is 1. The van der Waals surface area contributed by atoms with E-state index in [1.807, 2.05) is 28.8 Å². The third-order valence-electron chi connectivity index (χ3n) is 6.84. The van der Waals surface area contributed by atoms with Crippen molar-refractivity contribution in [1.29, 1.82) is 0 Å². The Hall–Kier alpha value is -3.86. The predicted molar refractivity (Wildman–Crippen MR) is 152 cm³/mol. The first-order chi connectivity index (χ1) is 18.9. The smallest absolute Gasteiger partial charge is 0.268 e. The van der Waals surface area contributed by atoms with E-state index < -0.39 is 6.17 Å². The zero-order chi connectivity index (χ0) is 27.5. The number of nitrogens with one attached hydrogen (secondary N) is 2. The van der Waals surface area contributed by atoms with E-state index in [0.717, 1.165) is 41.8 Å². The molecule has 0 spiro atoms. The number of hydrogen-bond donors (Lipinski definition) is 3. The van der Waals surface area contributed by atoms with Crippen LogP contribution in [-0.2, 0) is 11.3 Å². The Morgan fingerprint density at radius 2 is 2.08 bits per heavy atom. The predicted octanol–water partition coefficient (Wildman–Crippen LogP) is 5.45. The van der Waals surface area contributed by atoms with Gasteiger partial charge in [0.05, 0.1) is 28.2 Å². The number of anilines is 2. The molecule has 1 aliphatic rings. The average molecular weight is 548 g/mol. The van der Waals surface area contributed by atoms with Gasteiger partial charge in [0.1, 0.15) is 6.17 Å². The number of aliphatic hydroxyl groups is 1. The number of nitrogens with zero attached hydrogens (tertiary/aromatic N) is 3. The fourth-order valence-electron chi connectivity index (χ4n) is 4.88. The molecule has 3 N–H and O–H groups in total. The Balaban J connectivity index is 1.53. The fraction of sp³-hybridized carbons (Fsp3) is 0.276. The van der Waals surface area contributed by atoms with Crippen molar-refractivity contribution in [3.63, 3.8) is 0 Å². The van der Waals surface area contributed by atoms with Gasteiger partial charge in [0, 0.05) is 23.2 Å². The van der Waals surface area contributed by atoms with Crippen molar-refractivity contribution in [2.24, 2.45) is 0 Å². The van der Waals surface area contributed by atoms with E-state index in [-0.39, 0.29) is 24.5 Å². The molecule has 2 aromatic carbocycles. The molecule has 1 unspecified atom stereocenters. The summed E-state index contributed by atoms with van der Waals surface area (Å²) in [7, 11) is 0. The van der Waals surface area contributed by atoms with E-state index in [1.165, 1.54) is 13.0 Å². The first-order valence-electron chi connectivity index (χ1n) is 12.8. The van der Waals surface area contributed by atoms with E-state index in [0.29, 0.717) is 39.1 Å². The van der Waals surface area contributed by atoms with Gasteiger partial charge in [0.2, 0.25) is 11.9 Å². The van der Waals surface area contributed by atoms with Gasteiger partial charge in [0.25, 0.3) is 5.91 Å². The molecule has 2 amide bonds. The lowest BCUT2D eigenvalue weighted by Crippen LogP contribution is -2.31. The fourth-order valence-corrected chi connectivity index (χ4v) is 5.71. The highest BCUT2D eigenvalue weighted by molar-refractivity contribution is 7.14. The maximum atomic E-state index is 13.8. The van der Waals surface area contributed by atoms with E-state index in [4.69, 9.17) is 4.98 Å². The lowest BCUT2D eigenvalue weighted by Gasteiger charge is -2.22. The minimum atomic E-state index is -1.16. The van der Waals surface area contributed by atoms with Crippen molar-refractivity contribution < 1.29 is 19.1 Å². The summed E-state index contributed by atoms with van der Waals surface area (Å²) in [5.41, 5.74) is 3.76. The van der Waals surface area contributed by atoms with Crippen molar-refractivity contribution in [2.75, 3.05) is 23.8 Å². The second-order valence-electron chi connectivity index (χ2n) is 9.56. The van der Waals surface area contributed by atoms with Gasteiger partial charge in [-0.15, -0.1) is 11.3 Å². The van der Waals surface area contributed by atoms with E-state index in [2.05, 4.69) is 22.1 Å². The summed E-state index contributed by atoms with van der Waals surface area (Å²) in [6, 6.07) is 16.6. The SMILES string of the molecule is C=CC(=O)Nc1cccc(-n2c(NC(=O)c3ccc(C(C)F)s3)nc3cc(CN4CCC[C@@H]4CO)ccc32)c1. The minimum absolute atomic E-state index is 0.136. The Kier molecular flexibility index (Phi) is 7.87. The number of amides is 2. The van der Waals surface area contributed by atoms with Crippen molar-refractivity contribution >= 4 is 45.8 Å². The number of likely N-dealkylation sites (tertiary alicyclic amines) is 1. The summed E-state index contributed by atoms with van der Waals surface area (Å²) in [4.78, 5) is 32.9. The number of halogens is 1. The number of aliphatic hydroxyl groups excluding tert-OH is 1. The molecular formula is C29H30FN5O3S. The van der Waals surface area contributed by atoms with Crippen molar-refractivity contribution in [3.05, 3.63) is 82.6 Å². The molecule has 1 fully saturated rings. The van der Waals surface area contributed by atoms with Gasteiger partial charge in [-0.3, -0.25) is 24.4 Å². The monoisotopic (exact) mass is 547 g/mol. The van der Waals surface area contributed by atoms with Crippen molar-refractivity contribution in [2.45, 2.75) is 38.5 Å². The van der Waals surface area contributed by atoms with Crippen molar-refractivity contribution in [3.8, 4) is 5.69 Å². The maximum absolute atomic E-state index is 13.8. The van der Waals surface area contributed by atoms with Crippen molar-refractivity contribution in [1.82, 2.24) is 14.5 Å². The third kappa shape index (κ3) is 5.78. The van der Waals surface area contributed by atoms with Crippen LogP contribution in [0.1, 0.15) is 46.0 Å². The minimum Gasteiger partial charge on any atom is -0.395 e. The second-order valence-corrected chi connectivity index (χ2v) is 10.7. The molecule has 5 rings (SSSR count). The van der Waals surface area contributed by atoms with Crippen LogP contribution >= 0.6 is 11.3 Å². The quantitative estimate of drug-likeness (QED) is 0.242. The number of carbonyl (C=O) groups excluding carboxylic acids is 2. The molecule has 0 saturated carbocycles. The summed E-state index contributed by atoms with van der Waals surface area (Å²) in [6.07, 6.45) is 2.08. The van der Waals surface area contributed by atoms with E-state index in [9.17, 15) is 19.1 Å². The summed E-state index contributed by atoms with van der Waals surface area (Å²) >= 11 is 1.10. The molecule has 202 valence electrons.